The van der Waals surface area contributed by atoms with Crippen molar-refractivity contribution >= 4 is 0 Å². The molecule has 1 saturated heterocycles. The van der Waals surface area contributed by atoms with Crippen molar-refractivity contribution < 1.29 is 9.47 Å². The van der Waals surface area contributed by atoms with E-state index in [0.717, 1.165) is 48.1 Å². The molecule has 1 aliphatic rings. The highest BCUT2D eigenvalue weighted by Crippen LogP contribution is 2.33. The first-order valence-electron chi connectivity index (χ1n) is 6.80. The molecular weight excluding hydrogens is 254 g/mol. The Hall–Kier alpha value is -2.01. The fourth-order valence-corrected chi connectivity index (χ4v) is 2.59. The average molecular weight is 273 g/mol. The normalized spacial score (nSPS) is 18.2. The van der Waals surface area contributed by atoms with Gasteiger partial charge < -0.3 is 19.8 Å². The molecule has 0 radical (unpaired) electrons. The van der Waals surface area contributed by atoms with Gasteiger partial charge in [0.15, 0.2) is 0 Å². The maximum Gasteiger partial charge on any atom is 0.131 e. The van der Waals surface area contributed by atoms with Gasteiger partial charge in [-0.15, -0.1) is 0 Å². The number of benzene rings is 1. The van der Waals surface area contributed by atoms with Crippen LogP contribution in [0.3, 0.4) is 0 Å². The maximum absolute atomic E-state index is 5.44. The van der Waals surface area contributed by atoms with Crippen LogP contribution in [0.1, 0.15) is 18.2 Å². The van der Waals surface area contributed by atoms with E-state index in [4.69, 9.17) is 9.47 Å². The summed E-state index contributed by atoms with van der Waals surface area (Å²) in [6.45, 7) is 2.05. The number of hydrogen-bond donors (Lipinski definition) is 2. The van der Waals surface area contributed by atoms with Crippen molar-refractivity contribution in [2.75, 3.05) is 27.3 Å². The molecule has 1 aromatic carbocycles. The second-order valence-electron chi connectivity index (χ2n) is 4.94. The van der Waals surface area contributed by atoms with Crippen LogP contribution in [0.2, 0.25) is 0 Å². The van der Waals surface area contributed by atoms with Crippen LogP contribution in [0.5, 0.6) is 11.5 Å². The smallest absolute Gasteiger partial charge is 0.131 e. The van der Waals surface area contributed by atoms with E-state index < -0.39 is 0 Å². The van der Waals surface area contributed by atoms with Crippen molar-refractivity contribution in [1.29, 1.82) is 0 Å². The van der Waals surface area contributed by atoms with Gasteiger partial charge in [-0.1, -0.05) is 0 Å². The number of hydrogen-bond acceptors (Lipinski definition) is 4. The summed E-state index contributed by atoms with van der Waals surface area (Å²) in [7, 11) is 3.31. The van der Waals surface area contributed by atoms with E-state index in [0.29, 0.717) is 5.92 Å². The second kappa shape index (κ2) is 5.54. The Bertz CT molecular complexity index is 589. The summed E-state index contributed by atoms with van der Waals surface area (Å²) in [5, 5.41) is 3.36. The predicted octanol–water partition coefficient (Wildman–Crippen LogP) is 2.17. The summed E-state index contributed by atoms with van der Waals surface area (Å²) in [5.74, 6) is 3.09. The lowest BCUT2D eigenvalue weighted by atomic mass is 10.1. The van der Waals surface area contributed by atoms with E-state index >= 15 is 0 Å². The molecule has 0 aliphatic carbocycles. The number of H-pyrrole nitrogens is 1. The standard InChI is InChI=1S/C15H19N3O2/c1-19-11-3-4-12(14(7-11)20-2)13-9-17-15(18-13)10-5-6-16-8-10/h3-4,7,9-10,16H,5-6,8H2,1-2H3,(H,17,18). The zero-order valence-corrected chi connectivity index (χ0v) is 11.8. The molecule has 5 heteroatoms. The van der Waals surface area contributed by atoms with Crippen molar-refractivity contribution in [2.45, 2.75) is 12.3 Å². The molecular formula is C15H19N3O2. The number of imidazole rings is 1. The van der Waals surface area contributed by atoms with Crippen molar-refractivity contribution in [2.24, 2.45) is 0 Å². The van der Waals surface area contributed by atoms with Crippen LogP contribution >= 0.6 is 0 Å². The Labute approximate surface area is 118 Å². The molecule has 0 bridgehead atoms. The summed E-state index contributed by atoms with van der Waals surface area (Å²) >= 11 is 0. The molecule has 1 unspecified atom stereocenters. The first-order valence-corrected chi connectivity index (χ1v) is 6.80. The highest BCUT2D eigenvalue weighted by Gasteiger charge is 2.20. The lowest BCUT2D eigenvalue weighted by Crippen LogP contribution is -2.08. The summed E-state index contributed by atoms with van der Waals surface area (Å²) in [6.07, 6.45) is 3.00. The molecule has 106 valence electrons. The third kappa shape index (κ3) is 2.36. The highest BCUT2D eigenvalue weighted by molar-refractivity contribution is 5.68. The zero-order valence-electron chi connectivity index (χ0n) is 11.8. The Morgan fingerprint density at radius 2 is 2.15 bits per heavy atom. The number of nitrogens with one attached hydrogen (secondary N) is 2. The Morgan fingerprint density at radius 3 is 2.85 bits per heavy atom. The molecule has 1 aromatic heterocycles. The first-order chi connectivity index (χ1) is 9.81. The number of aromatic amines is 1. The topological polar surface area (TPSA) is 59.2 Å². The molecule has 1 fully saturated rings. The van der Waals surface area contributed by atoms with Crippen LogP contribution in [0.4, 0.5) is 0 Å². The van der Waals surface area contributed by atoms with E-state index in [-0.39, 0.29) is 0 Å². The van der Waals surface area contributed by atoms with Crippen molar-refractivity contribution in [1.82, 2.24) is 15.3 Å². The molecule has 1 aliphatic heterocycles. The zero-order chi connectivity index (χ0) is 13.9. The van der Waals surface area contributed by atoms with Crippen molar-refractivity contribution in [3.8, 4) is 22.8 Å². The van der Waals surface area contributed by atoms with Gasteiger partial charge in [-0.25, -0.2) is 4.98 Å². The van der Waals surface area contributed by atoms with Gasteiger partial charge in [0.1, 0.15) is 17.3 Å². The van der Waals surface area contributed by atoms with Crippen molar-refractivity contribution in [3.05, 3.63) is 30.2 Å². The first kappa shape index (κ1) is 13.0. The van der Waals surface area contributed by atoms with Crippen LogP contribution in [-0.4, -0.2) is 37.3 Å². The quantitative estimate of drug-likeness (QED) is 0.896. The van der Waals surface area contributed by atoms with E-state index in [9.17, 15) is 0 Å². The van der Waals surface area contributed by atoms with Gasteiger partial charge in [0, 0.05) is 24.1 Å². The minimum Gasteiger partial charge on any atom is -0.497 e. The molecule has 2 N–H and O–H groups in total. The molecule has 2 aromatic rings. The highest BCUT2D eigenvalue weighted by atomic mass is 16.5. The van der Waals surface area contributed by atoms with Crippen LogP contribution in [0, 0.1) is 0 Å². The molecule has 0 spiro atoms. The maximum atomic E-state index is 5.44. The predicted molar refractivity (Wildman–Crippen MR) is 77.4 cm³/mol. The number of ether oxygens (including phenoxy) is 2. The summed E-state index contributed by atoms with van der Waals surface area (Å²) in [4.78, 5) is 7.92. The average Bonchev–Trinajstić information content (AvgIpc) is 3.17. The Balaban J connectivity index is 1.92. The second-order valence-corrected chi connectivity index (χ2v) is 4.94. The third-order valence-electron chi connectivity index (χ3n) is 3.74. The minimum atomic E-state index is 0.480. The van der Waals surface area contributed by atoms with Crippen LogP contribution in [0.25, 0.3) is 11.3 Å². The molecule has 0 saturated carbocycles. The molecule has 1 atom stereocenters. The largest absolute Gasteiger partial charge is 0.497 e. The lowest BCUT2D eigenvalue weighted by Gasteiger charge is -2.09. The van der Waals surface area contributed by atoms with Gasteiger partial charge in [0.2, 0.25) is 0 Å². The van der Waals surface area contributed by atoms with E-state index in [1.807, 2.05) is 24.4 Å². The van der Waals surface area contributed by atoms with Gasteiger partial charge in [-0.05, 0) is 25.1 Å². The third-order valence-corrected chi connectivity index (χ3v) is 3.74. The SMILES string of the molecule is COc1ccc(-c2cnc(C3CCNC3)[nH]2)c(OC)c1. The van der Waals surface area contributed by atoms with Gasteiger partial charge >= 0.3 is 0 Å². The Morgan fingerprint density at radius 1 is 1.25 bits per heavy atom. The van der Waals surface area contributed by atoms with E-state index in [1.54, 1.807) is 14.2 Å². The summed E-state index contributed by atoms with van der Waals surface area (Å²) < 4.78 is 10.7. The fraction of sp³-hybridized carbons (Fsp3) is 0.400. The summed E-state index contributed by atoms with van der Waals surface area (Å²) in [5.41, 5.74) is 1.98. The molecule has 20 heavy (non-hydrogen) atoms. The van der Waals surface area contributed by atoms with Gasteiger partial charge in [0.05, 0.1) is 26.1 Å². The van der Waals surface area contributed by atoms with Crippen LogP contribution in [0.15, 0.2) is 24.4 Å². The van der Waals surface area contributed by atoms with Gasteiger partial charge in [0.25, 0.3) is 0 Å². The van der Waals surface area contributed by atoms with Gasteiger partial charge in [-0.3, -0.25) is 0 Å². The summed E-state index contributed by atoms with van der Waals surface area (Å²) in [6, 6.07) is 5.80. The van der Waals surface area contributed by atoms with Gasteiger partial charge in [-0.2, -0.15) is 0 Å². The van der Waals surface area contributed by atoms with Crippen LogP contribution in [-0.2, 0) is 0 Å². The lowest BCUT2D eigenvalue weighted by molar-refractivity contribution is 0.395. The monoisotopic (exact) mass is 273 g/mol. The number of rotatable bonds is 4. The molecule has 5 nitrogen and oxygen atoms in total. The van der Waals surface area contributed by atoms with Crippen LogP contribution < -0.4 is 14.8 Å². The van der Waals surface area contributed by atoms with Crippen molar-refractivity contribution in [3.63, 3.8) is 0 Å². The fourth-order valence-electron chi connectivity index (χ4n) is 2.59. The van der Waals surface area contributed by atoms with E-state index in [1.165, 1.54) is 0 Å². The molecule has 0 amide bonds. The molecule has 3 rings (SSSR count). The Kier molecular flexibility index (Phi) is 3.60. The minimum absolute atomic E-state index is 0.480. The van der Waals surface area contributed by atoms with E-state index in [2.05, 4.69) is 15.3 Å². The molecule has 2 heterocycles. The number of methoxy groups -OCH3 is 2. The number of nitrogens with zero attached hydrogens (tertiary/aromatic N) is 1. The number of aromatic nitrogens is 2.